The summed E-state index contributed by atoms with van der Waals surface area (Å²) in [6, 6.07) is 3.44. The normalized spacial score (nSPS) is 20.2. The molecule has 4 nitrogen and oxygen atoms in total. The van der Waals surface area contributed by atoms with Crippen LogP contribution >= 0.6 is 11.6 Å². The van der Waals surface area contributed by atoms with Crippen molar-refractivity contribution in [3.8, 4) is 11.5 Å². The first-order valence-electron chi connectivity index (χ1n) is 6.53. The fourth-order valence-electron chi connectivity index (χ4n) is 2.55. The second-order valence-electron chi connectivity index (χ2n) is 4.97. The van der Waals surface area contributed by atoms with E-state index >= 15 is 0 Å². The van der Waals surface area contributed by atoms with E-state index in [1.165, 1.54) is 14.2 Å². The summed E-state index contributed by atoms with van der Waals surface area (Å²) in [5, 5.41) is 0.237. The van der Waals surface area contributed by atoms with Crippen molar-refractivity contribution in [1.82, 2.24) is 9.97 Å². The Morgan fingerprint density at radius 2 is 1.57 bits per heavy atom. The zero-order valence-electron chi connectivity index (χ0n) is 11.6. The molecule has 0 saturated heterocycles. The lowest BCUT2D eigenvalue weighted by atomic mass is 10.1. The minimum Gasteiger partial charge on any atom is -0.494 e. The van der Waals surface area contributed by atoms with E-state index in [0.717, 1.165) is 17.5 Å². The van der Waals surface area contributed by atoms with Crippen molar-refractivity contribution in [3.05, 3.63) is 46.8 Å². The van der Waals surface area contributed by atoms with Crippen LogP contribution in [0.25, 0.3) is 0 Å². The number of rotatable bonds is 4. The fourth-order valence-corrected chi connectivity index (χ4v) is 2.65. The van der Waals surface area contributed by atoms with Crippen LogP contribution in [0.2, 0.25) is 5.28 Å². The minimum absolute atomic E-state index is 0.197. The number of hydrogen-bond donors (Lipinski definition) is 0. The number of aromatic nitrogens is 2. The Morgan fingerprint density at radius 1 is 1.05 bits per heavy atom. The molecular formula is C15H14ClFN2O2. The van der Waals surface area contributed by atoms with E-state index in [1.807, 2.05) is 0 Å². The minimum atomic E-state index is -0.476. The first-order valence-corrected chi connectivity index (χ1v) is 6.90. The van der Waals surface area contributed by atoms with Crippen LogP contribution in [-0.4, -0.2) is 24.2 Å². The van der Waals surface area contributed by atoms with E-state index in [0.29, 0.717) is 5.92 Å². The molecule has 2 aromatic rings. The van der Waals surface area contributed by atoms with Crippen LogP contribution in [0.3, 0.4) is 0 Å². The molecule has 0 bridgehead atoms. The van der Waals surface area contributed by atoms with E-state index < -0.39 is 5.82 Å². The molecule has 0 spiro atoms. The molecule has 1 heterocycles. The van der Waals surface area contributed by atoms with Gasteiger partial charge in [-0.2, -0.15) is 4.39 Å². The average molecular weight is 309 g/mol. The van der Waals surface area contributed by atoms with Gasteiger partial charge in [0.1, 0.15) is 0 Å². The summed E-state index contributed by atoms with van der Waals surface area (Å²) >= 11 is 5.69. The Balaban J connectivity index is 1.87. The van der Waals surface area contributed by atoms with Gasteiger partial charge in [0.15, 0.2) is 11.5 Å². The molecule has 0 N–H and O–H groups in total. The smallest absolute Gasteiger partial charge is 0.222 e. The maximum absolute atomic E-state index is 13.9. The van der Waals surface area contributed by atoms with Crippen molar-refractivity contribution in [2.75, 3.05) is 14.2 Å². The highest BCUT2D eigenvalue weighted by atomic mass is 35.5. The first-order chi connectivity index (χ1) is 10.1. The summed E-state index contributed by atoms with van der Waals surface area (Å²) in [6.45, 7) is 0. The molecule has 1 saturated carbocycles. The Kier molecular flexibility index (Phi) is 3.68. The lowest BCUT2D eigenvalue weighted by molar-refractivity contribution is 0.349. The second kappa shape index (κ2) is 5.48. The summed E-state index contributed by atoms with van der Waals surface area (Å²) in [5.41, 5.74) is 2.02. The number of nitrogens with zero attached hydrogens (tertiary/aromatic N) is 2. The molecule has 1 aromatic heterocycles. The highest BCUT2D eigenvalue weighted by Gasteiger charge is 2.40. The number of ether oxygens (including phenoxy) is 2. The number of hydrogen-bond acceptors (Lipinski definition) is 4. The van der Waals surface area contributed by atoms with Gasteiger partial charge < -0.3 is 9.47 Å². The molecule has 6 heteroatoms. The van der Waals surface area contributed by atoms with Gasteiger partial charge in [-0.15, -0.1) is 0 Å². The number of methoxy groups -OCH3 is 2. The SMILES string of the molecule is COc1cc([C@@H]2C[C@H]2c2cnc(Cl)nc2)cc(OC)c1F. The summed E-state index contributed by atoms with van der Waals surface area (Å²) < 4.78 is 24.0. The summed E-state index contributed by atoms with van der Waals surface area (Å²) in [6.07, 6.45) is 4.43. The number of benzene rings is 1. The van der Waals surface area contributed by atoms with Crippen molar-refractivity contribution in [3.63, 3.8) is 0 Å². The van der Waals surface area contributed by atoms with Gasteiger partial charge in [-0.3, -0.25) is 0 Å². The number of halogens is 2. The molecule has 1 aromatic carbocycles. The van der Waals surface area contributed by atoms with Crippen LogP contribution in [0.5, 0.6) is 11.5 Å². The fraction of sp³-hybridized carbons (Fsp3) is 0.333. The zero-order valence-corrected chi connectivity index (χ0v) is 12.4. The molecular weight excluding hydrogens is 295 g/mol. The lowest BCUT2D eigenvalue weighted by Crippen LogP contribution is -1.96. The molecule has 3 rings (SSSR count). The van der Waals surface area contributed by atoms with Crippen LogP contribution in [0, 0.1) is 5.82 Å². The quantitative estimate of drug-likeness (QED) is 0.810. The van der Waals surface area contributed by atoms with Crippen LogP contribution in [0.4, 0.5) is 4.39 Å². The van der Waals surface area contributed by atoms with Gasteiger partial charge >= 0.3 is 0 Å². The Labute approximate surface area is 126 Å². The highest BCUT2D eigenvalue weighted by Crippen LogP contribution is 2.55. The molecule has 1 aliphatic rings. The third-order valence-corrected chi connectivity index (χ3v) is 3.95. The van der Waals surface area contributed by atoms with Crippen molar-refractivity contribution < 1.29 is 13.9 Å². The van der Waals surface area contributed by atoms with E-state index in [9.17, 15) is 4.39 Å². The monoisotopic (exact) mass is 308 g/mol. The van der Waals surface area contributed by atoms with Crippen LogP contribution in [0.1, 0.15) is 29.4 Å². The van der Waals surface area contributed by atoms with Gasteiger partial charge in [-0.05, 0) is 53.1 Å². The maximum Gasteiger partial charge on any atom is 0.222 e. The third kappa shape index (κ3) is 2.65. The van der Waals surface area contributed by atoms with E-state index in [4.69, 9.17) is 21.1 Å². The molecule has 0 radical (unpaired) electrons. The highest BCUT2D eigenvalue weighted by molar-refractivity contribution is 6.28. The third-order valence-electron chi connectivity index (χ3n) is 3.76. The van der Waals surface area contributed by atoms with Crippen molar-refractivity contribution >= 4 is 11.6 Å². The molecule has 0 unspecified atom stereocenters. The molecule has 2 atom stereocenters. The van der Waals surface area contributed by atoms with Gasteiger partial charge in [0.05, 0.1) is 14.2 Å². The van der Waals surface area contributed by atoms with Crippen LogP contribution in [0.15, 0.2) is 24.5 Å². The Hall–Kier alpha value is -1.88. The topological polar surface area (TPSA) is 44.2 Å². The first kappa shape index (κ1) is 14.1. The zero-order chi connectivity index (χ0) is 15.0. The lowest BCUT2D eigenvalue weighted by Gasteiger charge is -2.10. The predicted octanol–water partition coefficient (Wildman–Crippen LogP) is 3.56. The van der Waals surface area contributed by atoms with Gasteiger partial charge in [0, 0.05) is 12.4 Å². The van der Waals surface area contributed by atoms with Crippen LogP contribution in [-0.2, 0) is 0 Å². The van der Waals surface area contributed by atoms with E-state index in [2.05, 4.69) is 9.97 Å². The Bertz CT molecular complexity index is 638. The van der Waals surface area contributed by atoms with Gasteiger partial charge in [-0.1, -0.05) is 0 Å². The molecule has 1 fully saturated rings. The Morgan fingerprint density at radius 3 is 2.10 bits per heavy atom. The standard InChI is InChI=1S/C15H14ClFN2O2/c1-20-12-3-8(4-13(21-2)14(12)17)10-5-11(10)9-6-18-15(16)19-7-9/h3-4,6-7,10-11H,5H2,1-2H3/t10-,11-/m0/s1. The maximum atomic E-state index is 13.9. The molecule has 1 aliphatic carbocycles. The van der Waals surface area contributed by atoms with Crippen molar-refractivity contribution in [1.29, 1.82) is 0 Å². The predicted molar refractivity (Wildman–Crippen MR) is 76.6 cm³/mol. The molecule has 0 aliphatic heterocycles. The molecule has 0 amide bonds. The van der Waals surface area contributed by atoms with Crippen LogP contribution < -0.4 is 9.47 Å². The van der Waals surface area contributed by atoms with Gasteiger partial charge in [0.2, 0.25) is 11.1 Å². The average Bonchev–Trinajstić information content (AvgIpc) is 3.29. The second-order valence-corrected chi connectivity index (χ2v) is 5.31. The summed E-state index contributed by atoms with van der Waals surface area (Å²) in [4.78, 5) is 7.99. The van der Waals surface area contributed by atoms with Gasteiger partial charge in [0.25, 0.3) is 0 Å². The van der Waals surface area contributed by atoms with Crippen molar-refractivity contribution in [2.24, 2.45) is 0 Å². The molecule has 110 valence electrons. The van der Waals surface area contributed by atoms with E-state index in [-0.39, 0.29) is 22.7 Å². The van der Waals surface area contributed by atoms with E-state index in [1.54, 1.807) is 24.5 Å². The summed E-state index contributed by atoms with van der Waals surface area (Å²) in [7, 11) is 2.89. The van der Waals surface area contributed by atoms with Crippen molar-refractivity contribution in [2.45, 2.75) is 18.3 Å². The van der Waals surface area contributed by atoms with Gasteiger partial charge in [-0.25, -0.2) is 9.97 Å². The summed E-state index contributed by atoms with van der Waals surface area (Å²) in [5.74, 6) is 0.529. The molecule has 21 heavy (non-hydrogen) atoms. The largest absolute Gasteiger partial charge is 0.494 e.